The van der Waals surface area contributed by atoms with Crippen LogP contribution in [0.2, 0.25) is 0 Å². The van der Waals surface area contributed by atoms with Crippen LogP contribution in [0.3, 0.4) is 0 Å². The minimum atomic E-state index is -0.207. The average molecular weight is 275 g/mol. The minimum absolute atomic E-state index is 0.149. The SMILES string of the molecule is CCC(CC)NC(=O)C1=CC2=CC(OC)=CC=CC2O1. The first-order chi connectivity index (χ1) is 9.67. The zero-order chi connectivity index (χ0) is 14.5. The van der Waals surface area contributed by atoms with Crippen molar-refractivity contribution < 1.29 is 14.3 Å². The molecule has 1 atom stereocenters. The molecule has 1 heterocycles. The highest BCUT2D eigenvalue weighted by Crippen LogP contribution is 2.27. The Morgan fingerprint density at radius 1 is 1.40 bits per heavy atom. The summed E-state index contributed by atoms with van der Waals surface area (Å²) in [4.78, 5) is 12.2. The Balaban J connectivity index is 2.11. The highest BCUT2D eigenvalue weighted by molar-refractivity contribution is 5.93. The Morgan fingerprint density at radius 2 is 2.15 bits per heavy atom. The van der Waals surface area contributed by atoms with Gasteiger partial charge in [-0.15, -0.1) is 0 Å². The molecule has 0 radical (unpaired) electrons. The molecule has 0 aromatic carbocycles. The molecular weight excluding hydrogens is 254 g/mol. The third-order valence-corrected chi connectivity index (χ3v) is 3.52. The minimum Gasteiger partial charge on any atom is -0.497 e. The first kappa shape index (κ1) is 14.4. The number of hydrogen-bond donors (Lipinski definition) is 1. The molecule has 4 nitrogen and oxygen atoms in total. The van der Waals surface area contributed by atoms with Crippen molar-refractivity contribution >= 4 is 5.91 Å². The molecule has 0 fully saturated rings. The summed E-state index contributed by atoms with van der Waals surface area (Å²) < 4.78 is 10.9. The molecule has 2 rings (SSSR count). The molecule has 1 amide bonds. The van der Waals surface area contributed by atoms with E-state index < -0.39 is 0 Å². The van der Waals surface area contributed by atoms with Gasteiger partial charge < -0.3 is 14.8 Å². The second-order valence-electron chi connectivity index (χ2n) is 4.84. The van der Waals surface area contributed by atoms with Crippen molar-refractivity contribution in [3.63, 3.8) is 0 Å². The number of methoxy groups -OCH3 is 1. The largest absolute Gasteiger partial charge is 0.497 e. The average Bonchev–Trinajstić information content (AvgIpc) is 2.76. The lowest BCUT2D eigenvalue weighted by Gasteiger charge is -2.15. The predicted molar refractivity (Wildman–Crippen MR) is 77.8 cm³/mol. The Kier molecular flexibility index (Phi) is 4.66. The third-order valence-electron chi connectivity index (χ3n) is 3.52. The standard InChI is InChI=1S/C16H21NO3/c1-4-12(5-2)17-16(18)15-10-11-9-13(19-3)7-6-8-14(11)20-15/h6-10,12,14H,4-5H2,1-3H3,(H,17,18). The molecule has 0 saturated heterocycles. The highest BCUT2D eigenvalue weighted by Gasteiger charge is 2.27. The molecule has 0 saturated carbocycles. The number of amides is 1. The molecule has 0 bridgehead atoms. The van der Waals surface area contributed by atoms with Gasteiger partial charge in [-0.25, -0.2) is 0 Å². The van der Waals surface area contributed by atoms with Gasteiger partial charge in [0.05, 0.1) is 7.11 Å². The van der Waals surface area contributed by atoms with E-state index in [1.807, 2.05) is 24.3 Å². The van der Waals surface area contributed by atoms with E-state index in [4.69, 9.17) is 9.47 Å². The summed E-state index contributed by atoms with van der Waals surface area (Å²) in [6, 6.07) is 0.191. The van der Waals surface area contributed by atoms with Crippen LogP contribution >= 0.6 is 0 Å². The zero-order valence-electron chi connectivity index (χ0n) is 12.2. The van der Waals surface area contributed by atoms with Crippen molar-refractivity contribution in [3.05, 3.63) is 47.5 Å². The summed E-state index contributed by atoms with van der Waals surface area (Å²) in [5.41, 5.74) is 0.932. The number of rotatable bonds is 5. The Bertz CT molecular complexity index is 496. The number of allylic oxidation sites excluding steroid dienone is 3. The van der Waals surface area contributed by atoms with Gasteiger partial charge in [-0.1, -0.05) is 19.9 Å². The summed E-state index contributed by atoms with van der Waals surface area (Å²) in [7, 11) is 1.62. The zero-order valence-corrected chi connectivity index (χ0v) is 12.2. The fourth-order valence-electron chi connectivity index (χ4n) is 2.21. The van der Waals surface area contributed by atoms with Crippen LogP contribution in [0.5, 0.6) is 0 Å². The summed E-state index contributed by atoms with van der Waals surface area (Å²) in [5.74, 6) is 0.972. The van der Waals surface area contributed by atoms with Crippen LogP contribution in [0, 0.1) is 0 Å². The Hall–Kier alpha value is -1.97. The molecule has 1 N–H and O–H groups in total. The lowest BCUT2D eigenvalue weighted by molar-refractivity contribution is -0.121. The van der Waals surface area contributed by atoms with Gasteiger partial charge >= 0.3 is 0 Å². The lowest BCUT2D eigenvalue weighted by atomic mass is 10.1. The van der Waals surface area contributed by atoms with Crippen LogP contribution < -0.4 is 5.32 Å². The molecule has 0 aromatic heterocycles. The van der Waals surface area contributed by atoms with Crippen LogP contribution in [-0.4, -0.2) is 25.2 Å². The fraction of sp³-hybridized carbons (Fsp3) is 0.438. The highest BCUT2D eigenvalue weighted by atomic mass is 16.5. The number of fused-ring (bicyclic) bond motifs is 1. The van der Waals surface area contributed by atoms with Crippen LogP contribution in [0.25, 0.3) is 0 Å². The lowest BCUT2D eigenvalue weighted by Crippen LogP contribution is -2.35. The number of nitrogens with one attached hydrogen (secondary N) is 1. The molecule has 1 aliphatic heterocycles. The Labute approximate surface area is 119 Å². The summed E-state index contributed by atoms with van der Waals surface area (Å²) >= 11 is 0. The molecule has 4 heteroatoms. The maximum atomic E-state index is 12.2. The molecule has 0 aromatic rings. The van der Waals surface area contributed by atoms with Gasteiger partial charge in [-0.3, -0.25) is 4.79 Å². The second kappa shape index (κ2) is 6.46. The molecule has 1 aliphatic carbocycles. The van der Waals surface area contributed by atoms with Crippen molar-refractivity contribution in [2.45, 2.75) is 38.8 Å². The topological polar surface area (TPSA) is 47.6 Å². The van der Waals surface area contributed by atoms with Gasteiger partial charge in [0.25, 0.3) is 5.91 Å². The molecule has 20 heavy (non-hydrogen) atoms. The smallest absolute Gasteiger partial charge is 0.286 e. The Morgan fingerprint density at radius 3 is 2.80 bits per heavy atom. The molecule has 0 spiro atoms. The first-order valence-corrected chi connectivity index (χ1v) is 7.01. The van der Waals surface area contributed by atoms with Crippen molar-refractivity contribution in [2.75, 3.05) is 7.11 Å². The molecule has 1 unspecified atom stereocenters. The van der Waals surface area contributed by atoms with E-state index in [1.165, 1.54) is 0 Å². The van der Waals surface area contributed by atoms with Gasteiger partial charge in [-0.2, -0.15) is 0 Å². The summed E-state index contributed by atoms with van der Waals surface area (Å²) in [5, 5.41) is 2.98. The van der Waals surface area contributed by atoms with Gasteiger partial charge in [0.1, 0.15) is 11.9 Å². The van der Waals surface area contributed by atoms with Crippen LogP contribution in [0.4, 0.5) is 0 Å². The van der Waals surface area contributed by atoms with Gasteiger partial charge in [0.2, 0.25) is 0 Å². The van der Waals surface area contributed by atoms with Crippen LogP contribution in [0.15, 0.2) is 47.5 Å². The predicted octanol–water partition coefficient (Wildman–Crippen LogP) is 2.60. The van der Waals surface area contributed by atoms with E-state index in [-0.39, 0.29) is 18.1 Å². The summed E-state index contributed by atoms with van der Waals surface area (Å²) in [6.07, 6.45) is 10.9. The van der Waals surface area contributed by atoms with Gasteiger partial charge in [-0.05, 0) is 37.1 Å². The van der Waals surface area contributed by atoms with E-state index in [0.29, 0.717) is 5.76 Å². The van der Waals surface area contributed by atoms with Crippen molar-refractivity contribution in [2.24, 2.45) is 0 Å². The van der Waals surface area contributed by atoms with E-state index in [0.717, 1.165) is 24.2 Å². The van der Waals surface area contributed by atoms with Crippen LogP contribution in [-0.2, 0) is 14.3 Å². The van der Waals surface area contributed by atoms with E-state index in [1.54, 1.807) is 13.2 Å². The van der Waals surface area contributed by atoms with Crippen LogP contribution in [0.1, 0.15) is 26.7 Å². The quantitative estimate of drug-likeness (QED) is 0.839. The first-order valence-electron chi connectivity index (χ1n) is 7.01. The molecule has 2 aliphatic rings. The second-order valence-corrected chi connectivity index (χ2v) is 4.84. The van der Waals surface area contributed by atoms with Crippen molar-refractivity contribution in [1.29, 1.82) is 0 Å². The molecular formula is C16H21NO3. The number of ether oxygens (including phenoxy) is 2. The number of carbonyl (C=O) groups is 1. The van der Waals surface area contributed by atoms with Gasteiger partial charge in [0.15, 0.2) is 5.76 Å². The van der Waals surface area contributed by atoms with E-state index >= 15 is 0 Å². The molecule has 108 valence electrons. The number of carbonyl (C=O) groups excluding carboxylic acids is 1. The number of hydrogen-bond acceptors (Lipinski definition) is 3. The maximum absolute atomic E-state index is 12.2. The van der Waals surface area contributed by atoms with Gasteiger partial charge in [0, 0.05) is 11.6 Å². The summed E-state index contributed by atoms with van der Waals surface area (Å²) in [6.45, 7) is 4.12. The monoisotopic (exact) mass is 275 g/mol. The fourth-order valence-corrected chi connectivity index (χ4v) is 2.21. The van der Waals surface area contributed by atoms with Crippen molar-refractivity contribution in [1.82, 2.24) is 5.32 Å². The normalized spacial score (nSPS) is 20.4. The van der Waals surface area contributed by atoms with Crippen molar-refractivity contribution in [3.8, 4) is 0 Å². The third kappa shape index (κ3) is 3.13. The maximum Gasteiger partial charge on any atom is 0.286 e. The van der Waals surface area contributed by atoms with E-state index in [9.17, 15) is 4.79 Å². The van der Waals surface area contributed by atoms with E-state index in [2.05, 4.69) is 19.2 Å².